The minimum atomic E-state index is -0.0543. The van der Waals surface area contributed by atoms with Crippen molar-refractivity contribution in [1.82, 2.24) is 10.2 Å². The average Bonchev–Trinajstić information content (AvgIpc) is 2.99. The number of carbonyl (C=O) groups is 1. The van der Waals surface area contributed by atoms with Crippen molar-refractivity contribution < 1.29 is 19.0 Å². The van der Waals surface area contributed by atoms with Gasteiger partial charge in [0.1, 0.15) is 11.5 Å². The normalized spacial score (nSPS) is 17.5. The molecule has 1 saturated heterocycles. The van der Waals surface area contributed by atoms with E-state index in [-0.39, 0.29) is 12.0 Å². The van der Waals surface area contributed by atoms with Crippen LogP contribution in [0.3, 0.4) is 0 Å². The van der Waals surface area contributed by atoms with Crippen molar-refractivity contribution in [3.05, 3.63) is 89.0 Å². The van der Waals surface area contributed by atoms with Crippen LogP contribution in [0, 0.1) is 0 Å². The molecule has 0 aliphatic carbocycles. The van der Waals surface area contributed by atoms with Crippen LogP contribution < -0.4 is 19.7 Å². The third kappa shape index (κ3) is 6.29. The summed E-state index contributed by atoms with van der Waals surface area (Å²) in [6.45, 7) is 6.30. The lowest BCUT2D eigenvalue weighted by molar-refractivity contribution is 0.0288. The Morgan fingerprint density at radius 2 is 1.61 bits per heavy atom. The molecule has 2 aliphatic heterocycles. The average molecular weight is 516 g/mol. The number of fused-ring (bicyclic) bond motifs is 1. The van der Waals surface area contributed by atoms with Gasteiger partial charge in [-0.2, -0.15) is 0 Å². The Balaban J connectivity index is 1.12. The van der Waals surface area contributed by atoms with Gasteiger partial charge in [-0.15, -0.1) is 0 Å². The molecule has 5 rings (SSSR count). The molecule has 7 heteroatoms. The summed E-state index contributed by atoms with van der Waals surface area (Å²) >= 11 is 0. The van der Waals surface area contributed by atoms with Crippen LogP contribution >= 0.6 is 0 Å². The second kappa shape index (κ2) is 12.3. The molecule has 0 aromatic heterocycles. The standard InChI is InChI=1S/C31H37N3O4/c1-36-27-8-3-23(4-9-27)22-32-31(35)25-5-12-29-24(21-25)14-20-38-30(29)13-15-33-16-18-34(19-17-33)26-6-10-28(37-2)11-7-26/h3-12,21,30H,13-20,22H2,1-2H3,(H,32,35). The van der Waals surface area contributed by atoms with Crippen molar-refractivity contribution in [1.29, 1.82) is 0 Å². The van der Waals surface area contributed by atoms with Crippen LogP contribution in [0.1, 0.15) is 39.6 Å². The van der Waals surface area contributed by atoms with Gasteiger partial charge in [-0.25, -0.2) is 0 Å². The van der Waals surface area contributed by atoms with Crippen molar-refractivity contribution in [2.24, 2.45) is 0 Å². The van der Waals surface area contributed by atoms with Crippen LogP contribution in [0.2, 0.25) is 0 Å². The number of hydrogen-bond donors (Lipinski definition) is 1. The lowest BCUT2D eigenvalue weighted by Crippen LogP contribution is -2.46. The number of rotatable bonds is 9. The molecule has 0 bridgehead atoms. The molecule has 2 heterocycles. The fraction of sp³-hybridized carbons (Fsp3) is 0.387. The Labute approximate surface area is 225 Å². The van der Waals surface area contributed by atoms with Crippen LogP contribution in [0.5, 0.6) is 11.5 Å². The number of benzene rings is 3. The third-order valence-electron chi connectivity index (χ3n) is 7.57. The van der Waals surface area contributed by atoms with Crippen molar-refractivity contribution in [3.8, 4) is 11.5 Å². The van der Waals surface area contributed by atoms with Gasteiger partial charge in [-0.1, -0.05) is 18.2 Å². The van der Waals surface area contributed by atoms with E-state index in [1.54, 1.807) is 14.2 Å². The van der Waals surface area contributed by atoms with Crippen LogP contribution in [0.25, 0.3) is 0 Å². The zero-order valence-electron chi connectivity index (χ0n) is 22.3. The van der Waals surface area contributed by atoms with Crippen LogP contribution in [-0.2, 0) is 17.7 Å². The van der Waals surface area contributed by atoms with Gasteiger partial charge in [0.05, 0.1) is 26.9 Å². The minimum absolute atomic E-state index is 0.0543. The zero-order valence-corrected chi connectivity index (χ0v) is 22.3. The van der Waals surface area contributed by atoms with Crippen molar-refractivity contribution in [2.75, 3.05) is 58.5 Å². The van der Waals surface area contributed by atoms with Gasteiger partial charge in [0.15, 0.2) is 0 Å². The molecule has 1 N–H and O–H groups in total. The number of piperazine rings is 1. The maximum Gasteiger partial charge on any atom is 0.251 e. The van der Waals surface area contributed by atoms with Crippen molar-refractivity contribution >= 4 is 11.6 Å². The maximum atomic E-state index is 12.8. The third-order valence-corrected chi connectivity index (χ3v) is 7.57. The van der Waals surface area contributed by atoms with E-state index in [0.29, 0.717) is 18.7 Å². The predicted octanol–water partition coefficient (Wildman–Crippen LogP) is 4.46. The molecule has 38 heavy (non-hydrogen) atoms. The first-order chi connectivity index (χ1) is 18.6. The second-order valence-electron chi connectivity index (χ2n) is 9.87. The molecule has 0 saturated carbocycles. The number of methoxy groups -OCH3 is 2. The number of hydrogen-bond acceptors (Lipinski definition) is 6. The van der Waals surface area contributed by atoms with Crippen molar-refractivity contribution in [3.63, 3.8) is 0 Å². The first-order valence-electron chi connectivity index (χ1n) is 13.4. The topological polar surface area (TPSA) is 63.3 Å². The van der Waals surface area contributed by atoms with Gasteiger partial charge in [0, 0.05) is 50.5 Å². The monoisotopic (exact) mass is 515 g/mol. The predicted molar refractivity (Wildman–Crippen MR) is 149 cm³/mol. The fourth-order valence-electron chi connectivity index (χ4n) is 5.27. The minimum Gasteiger partial charge on any atom is -0.497 e. The van der Waals surface area contributed by atoms with E-state index in [4.69, 9.17) is 14.2 Å². The van der Waals surface area contributed by atoms with E-state index in [9.17, 15) is 4.79 Å². The Bertz CT molecular complexity index is 1200. The van der Waals surface area contributed by atoms with Gasteiger partial charge >= 0.3 is 0 Å². The first-order valence-corrected chi connectivity index (χ1v) is 13.4. The summed E-state index contributed by atoms with van der Waals surface area (Å²) in [5.74, 6) is 1.64. The summed E-state index contributed by atoms with van der Waals surface area (Å²) in [4.78, 5) is 17.8. The summed E-state index contributed by atoms with van der Waals surface area (Å²) in [6, 6.07) is 22.1. The highest BCUT2D eigenvalue weighted by atomic mass is 16.5. The Hall–Kier alpha value is -3.55. The van der Waals surface area contributed by atoms with E-state index < -0.39 is 0 Å². The van der Waals surface area contributed by atoms with E-state index in [1.165, 1.54) is 16.8 Å². The van der Waals surface area contributed by atoms with Crippen molar-refractivity contribution in [2.45, 2.75) is 25.5 Å². The highest BCUT2D eigenvalue weighted by molar-refractivity contribution is 5.94. The molecule has 7 nitrogen and oxygen atoms in total. The summed E-state index contributed by atoms with van der Waals surface area (Å²) in [5, 5.41) is 3.03. The number of amides is 1. The van der Waals surface area contributed by atoms with Crippen LogP contribution in [-0.4, -0.2) is 64.4 Å². The van der Waals surface area contributed by atoms with E-state index in [1.807, 2.05) is 48.5 Å². The quantitative estimate of drug-likeness (QED) is 0.454. The smallest absolute Gasteiger partial charge is 0.251 e. The largest absolute Gasteiger partial charge is 0.497 e. The van der Waals surface area contributed by atoms with E-state index in [0.717, 1.165) is 62.6 Å². The van der Waals surface area contributed by atoms with Crippen LogP contribution in [0.4, 0.5) is 5.69 Å². The number of ether oxygens (including phenoxy) is 3. The summed E-state index contributed by atoms with van der Waals surface area (Å²) in [6.07, 6.45) is 1.87. The molecular weight excluding hydrogens is 478 g/mol. The number of nitrogens with one attached hydrogen (secondary N) is 1. The van der Waals surface area contributed by atoms with Gasteiger partial charge < -0.3 is 24.4 Å². The Kier molecular flexibility index (Phi) is 8.46. The number of anilines is 1. The molecule has 3 aromatic carbocycles. The molecule has 2 aliphatic rings. The summed E-state index contributed by atoms with van der Waals surface area (Å²) < 4.78 is 16.7. The molecule has 1 fully saturated rings. The van der Waals surface area contributed by atoms with Crippen LogP contribution in [0.15, 0.2) is 66.7 Å². The highest BCUT2D eigenvalue weighted by Crippen LogP contribution is 2.31. The van der Waals surface area contributed by atoms with E-state index >= 15 is 0 Å². The maximum absolute atomic E-state index is 12.8. The lowest BCUT2D eigenvalue weighted by Gasteiger charge is -2.37. The molecule has 3 aromatic rings. The molecule has 1 amide bonds. The molecule has 0 radical (unpaired) electrons. The molecule has 0 spiro atoms. The highest BCUT2D eigenvalue weighted by Gasteiger charge is 2.24. The fourth-order valence-corrected chi connectivity index (χ4v) is 5.27. The SMILES string of the molecule is COc1ccc(CNC(=O)c2ccc3c(c2)CCOC3CCN2CCN(c3ccc(OC)cc3)CC2)cc1. The number of carbonyl (C=O) groups excluding carboxylic acids is 1. The van der Waals surface area contributed by atoms with Gasteiger partial charge in [-0.3, -0.25) is 9.69 Å². The second-order valence-corrected chi connectivity index (χ2v) is 9.87. The number of nitrogens with zero attached hydrogens (tertiary/aromatic N) is 2. The summed E-state index contributed by atoms with van der Waals surface area (Å²) in [7, 11) is 3.34. The molecular formula is C31H37N3O4. The molecule has 1 unspecified atom stereocenters. The molecule has 200 valence electrons. The zero-order chi connectivity index (χ0) is 26.3. The van der Waals surface area contributed by atoms with Gasteiger partial charge in [0.25, 0.3) is 5.91 Å². The van der Waals surface area contributed by atoms with E-state index in [2.05, 4.69) is 33.3 Å². The first kappa shape index (κ1) is 26.1. The summed E-state index contributed by atoms with van der Waals surface area (Å²) in [5.41, 5.74) is 5.43. The van der Waals surface area contributed by atoms with Gasteiger partial charge in [-0.05, 0) is 78.1 Å². The lowest BCUT2D eigenvalue weighted by atomic mass is 9.93. The Morgan fingerprint density at radius 3 is 2.29 bits per heavy atom. The Morgan fingerprint density at radius 1 is 0.921 bits per heavy atom. The van der Waals surface area contributed by atoms with Gasteiger partial charge in [0.2, 0.25) is 0 Å². The molecule has 1 atom stereocenters.